The smallest absolute Gasteiger partial charge is 0.225 e. The van der Waals surface area contributed by atoms with E-state index in [-0.39, 0.29) is 29.7 Å². The second-order valence-electron chi connectivity index (χ2n) is 6.32. The summed E-state index contributed by atoms with van der Waals surface area (Å²) in [7, 11) is 1.60. The van der Waals surface area contributed by atoms with E-state index >= 15 is 0 Å². The predicted molar refractivity (Wildman–Crippen MR) is 97.5 cm³/mol. The molecule has 0 unspecified atom stereocenters. The van der Waals surface area contributed by atoms with Gasteiger partial charge in [0.1, 0.15) is 5.75 Å². The minimum atomic E-state index is -0.321. The van der Waals surface area contributed by atoms with Gasteiger partial charge in [-0.15, -0.1) is 0 Å². The first-order valence-corrected chi connectivity index (χ1v) is 8.93. The highest BCUT2D eigenvalue weighted by Crippen LogP contribution is 2.37. The number of carbonyl (C=O) groups excluding carboxylic acids is 3. The van der Waals surface area contributed by atoms with E-state index in [2.05, 4.69) is 10.6 Å². The van der Waals surface area contributed by atoms with Crippen molar-refractivity contribution >= 4 is 17.7 Å². The molecule has 2 rings (SSSR count). The standard InChI is InChI=1S/C19H27N3O4/c1-4-22-17(24)10-9-16(19(25)21-12-11-20-13(2)23)18(22)14-5-7-15(26-3)8-6-14/h5-8,16,18H,4,9-12H2,1-3H3,(H,20,23)(H,21,25)/t16-,18+/m1/s1. The molecule has 7 heteroatoms. The Balaban J connectivity index is 2.16. The highest BCUT2D eigenvalue weighted by Gasteiger charge is 2.39. The predicted octanol–water partition coefficient (Wildman–Crippen LogP) is 1.25. The fourth-order valence-corrected chi connectivity index (χ4v) is 3.37. The maximum atomic E-state index is 12.7. The minimum absolute atomic E-state index is 0.0654. The Kier molecular flexibility index (Phi) is 7.00. The van der Waals surface area contributed by atoms with Crippen LogP contribution in [0, 0.1) is 5.92 Å². The number of likely N-dealkylation sites (tertiary alicyclic amines) is 1. The van der Waals surface area contributed by atoms with Gasteiger partial charge in [-0.3, -0.25) is 14.4 Å². The first-order chi connectivity index (χ1) is 12.5. The van der Waals surface area contributed by atoms with E-state index < -0.39 is 0 Å². The number of amides is 3. The number of nitrogens with zero attached hydrogens (tertiary/aromatic N) is 1. The van der Waals surface area contributed by atoms with Gasteiger partial charge in [0.25, 0.3) is 0 Å². The molecule has 2 N–H and O–H groups in total. The normalized spacial score (nSPS) is 19.8. The van der Waals surface area contributed by atoms with Crippen LogP contribution in [0.3, 0.4) is 0 Å². The van der Waals surface area contributed by atoms with E-state index in [4.69, 9.17) is 4.74 Å². The number of piperidine rings is 1. The van der Waals surface area contributed by atoms with Gasteiger partial charge in [0.05, 0.1) is 19.1 Å². The van der Waals surface area contributed by atoms with Crippen molar-refractivity contribution in [2.24, 2.45) is 5.92 Å². The molecule has 1 aliphatic rings. The third kappa shape index (κ3) is 4.74. The highest BCUT2D eigenvalue weighted by molar-refractivity contribution is 5.85. The van der Waals surface area contributed by atoms with Gasteiger partial charge in [-0.05, 0) is 31.0 Å². The topological polar surface area (TPSA) is 87.7 Å². The molecule has 1 fully saturated rings. The van der Waals surface area contributed by atoms with Crippen LogP contribution in [0.25, 0.3) is 0 Å². The molecular weight excluding hydrogens is 334 g/mol. The van der Waals surface area contributed by atoms with Crippen molar-refractivity contribution in [2.45, 2.75) is 32.7 Å². The number of hydrogen-bond acceptors (Lipinski definition) is 4. The maximum Gasteiger partial charge on any atom is 0.225 e. The second-order valence-corrected chi connectivity index (χ2v) is 6.32. The minimum Gasteiger partial charge on any atom is -0.497 e. The summed E-state index contributed by atoms with van der Waals surface area (Å²) in [6.07, 6.45) is 0.877. The van der Waals surface area contributed by atoms with Crippen LogP contribution in [0.1, 0.15) is 38.3 Å². The Morgan fingerprint density at radius 2 is 1.85 bits per heavy atom. The van der Waals surface area contributed by atoms with E-state index in [9.17, 15) is 14.4 Å². The molecule has 1 aliphatic heterocycles. The zero-order chi connectivity index (χ0) is 19.1. The van der Waals surface area contributed by atoms with E-state index in [0.29, 0.717) is 32.5 Å². The number of carbonyl (C=O) groups is 3. The van der Waals surface area contributed by atoms with Crippen LogP contribution in [0.5, 0.6) is 5.75 Å². The van der Waals surface area contributed by atoms with Gasteiger partial charge < -0.3 is 20.3 Å². The summed E-state index contributed by atoms with van der Waals surface area (Å²) >= 11 is 0. The molecule has 0 aliphatic carbocycles. The lowest BCUT2D eigenvalue weighted by Gasteiger charge is -2.40. The van der Waals surface area contributed by atoms with Gasteiger partial charge in [0.15, 0.2) is 0 Å². The molecule has 1 heterocycles. The summed E-state index contributed by atoms with van der Waals surface area (Å²) in [6, 6.07) is 7.19. The molecule has 1 aromatic rings. The first kappa shape index (κ1) is 19.8. The molecule has 2 atom stereocenters. The molecule has 3 amide bonds. The van der Waals surface area contributed by atoms with Crippen molar-refractivity contribution in [3.05, 3.63) is 29.8 Å². The number of hydrogen-bond donors (Lipinski definition) is 2. The SMILES string of the molecule is CCN1C(=O)CC[C@@H](C(=O)NCCNC(C)=O)[C@@H]1c1ccc(OC)cc1. The van der Waals surface area contributed by atoms with Crippen LogP contribution in [0.4, 0.5) is 0 Å². The zero-order valence-corrected chi connectivity index (χ0v) is 15.6. The Morgan fingerprint density at radius 3 is 2.42 bits per heavy atom. The lowest BCUT2D eigenvalue weighted by atomic mass is 9.83. The van der Waals surface area contributed by atoms with Crippen molar-refractivity contribution in [1.29, 1.82) is 0 Å². The Morgan fingerprint density at radius 1 is 1.19 bits per heavy atom. The van der Waals surface area contributed by atoms with Crippen LogP contribution in [-0.2, 0) is 14.4 Å². The van der Waals surface area contributed by atoms with Gasteiger partial charge >= 0.3 is 0 Å². The molecule has 7 nitrogen and oxygen atoms in total. The third-order valence-electron chi connectivity index (χ3n) is 4.64. The summed E-state index contributed by atoms with van der Waals surface area (Å²) in [5.74, 6) is 0.252. The average Bonchev–Trinajstić information content (AvgIpc) is 2.64. The largest absolute Gasteiger partial charge is 0.497 e. The molecule has 0 radical (unpaired) electrons. The number of nitrogens with one attached hydrogen (secondary N) is 2. The molecule has 0 bridgehead atoms. The third-order valence-corrected chi connectivity index (χ3v) is 4.64. The Hall–Kier alpha value is -2.57. The van der Waals surface area contributed by atoms with Crippen LogP contribution in [0.15, 0.2) is 24.3 Å². The maximum absolute atomic E-state index is 12.7. The summed E-state index contributed by atoms with van der Waals surface area (Å²) < 4.78 is 5.20. The molecule has 0 aromatic heterocycles. The van der Waals surface area contributed by atoms with Crippen LogP contribution in [0.2, 0.25) is 0 Å². The molecule has 0 spiro atoms. The number of ether oxygens (including phenoxy) is 1. The summed E-state index contributed by atoms with van der Waals surface area (Å²) in [4.78, 5) is 37.8. The van der Waals surface area contributed by atoms with Crippen LogP contribution in [-0.4, -0.2) is 49.4 Å². The number of benzene rings is 1. The molecule has 142 valence electrons. The lowest BCUT2D eigenvalue weighted by Crippen LogP contribution is -2.48. The van der Waals surface area contributed by atoms with E-state index in [1.165, 1.54) is 6.92 Å². The first-order valence-electron chi connectivity index (χ1n) is 8.93. The molecule has 26 heavy (non-hydrogen) atoms. The van der Waals surface area contributed by atoms with Crippen molar-refractivity contribution in [3.63, 3.8) is 0 Å². The van der Waals surface area contributed by atoms with E-state index in [0.717, 1.165) is 11.3 Å². The number of rotatable bonds is 7. The lowest BCUT2D eigenvalue weighted by molar-refractivity contribution is -0.143. The molecular formula is C19H27N3O4. The van der Waals surface area contributed by atoms with Crippen LogP contribution >= 0.6 is 0 Å². The van der Waals surface area contributed by atoms with Gasteiger partial charge in [-0.25, -0.2) is 0 Å². The number of methoxy groups -OCH3 is 1. The molecule has 0 saturated carbocycles. The molecule has 1 aromatic carbocycles. The average molecular weight is 361 g/mol. The van der Waals surface area contributed by atoms with E-state index in [1.54, 1.807) is 12.0 Å². The second kappa shape index (κ2) is 9.22. The zero-order valence-electron chi connectivity index (χ0n) is 15.6. The van der Waals surface area contributed by atoms with Crippen molar-refractivity contribution in [1.82, 2.24) is 15.5 Å². The fraction of sp³-hybridized carbons (Fsp3) is 0.526. The highest BCUT2D eigenvalue weighted by atomic mass is 16.5. The quantitative estimate of drug-likeness (QED) is 0.716. The van der Waals surface area contributed by atoms with Crippen molar-refractivity contribution in [2.75, 3.05) is 26.7 Å². The van der Waals surface area contributed by atoms with Crippen molar-refractivity contribution < 1.29 is 19.1 Å². The van der Waals surface area contributed by atoms with Gasteiger partial charge in [0, 0.05) is 33.0 Å². The van der Waals surface area contributed by atoms with Gasteiger partial charge in [-0.1, -0.05) is 12.1 Å². The Bertz CT molecular complexity index is 645. The summed E-state index contributed by atoms with van der Waals surface area (Å²) in [5.41, 5.74) is 0.919. The van der Waals surface area contributed by atoms with Crippen LogP contribution < -0.4 is 15.4 Å². The summed E-state index contributed by atoms with van der Waals surface area (Å²) in [6.45, 7) is 4.66. The van der Waals surface area contributed by atoms with Crippen molar-refractivity contribution in [3.8, 4) is 5.75 Å². The van der Waals surface area contributed by atoms with Gasteiger partial charge in [-0.2, -0.15) is 0 Å². The molecule has 1 saturated heterocycles. The monoisotopic (exact) mass is 361 g/mol. The Labute approximate surface area is 154 Å². The fourth-order valence-electron chi connectivity index (χ4n) is 3.37. The van der Waals surface area contributed by atoms with Gasteiger partial charge in [0.2, 0.25) is 17.7 Å². The summed E-state index contributed by atoms with van der Waals surface area (Å²) in [5, 5.41) is 5.53. The van der Waals surface area contributed by atoms with E-state index in [1.807, 2.05) is 31.2 Å².